The molecular formula is C18H20N3O6+. The summed E-state index contributed by atoms with van der Waals surface area (Å²) < 4.78 is 3.18. The summed E-state index contributed by atoms with van der Waals surface area (Å²) in [5, 5.41) is 27.5. The number of aliphatic carboxylic acids is 2. The number of carboxylic acid groups (broad SMARTS) is 3. The van der Waals surface area contributed by atoms with Crippen molar-refractivity contribution in [1.82, 2.24) is 4.57 Å². The zero-order chi connectivity index (χ0) is 20.3. The van der Waals surface area contributed by atoms with E-state index in [0.29, 0.717) is 5.69 Å². The lowest BCUT2D eigenvalue weighted by atomic mass is 10.1. The number of nitrogens with zero attached hydrogens (tertiary/aromatic N) is 2. The molecule has 1 aromatic heterocycles. The van der Waals surface area contributed by atoms with Crippen molar-refractivity contribution in [3.8, 4) is 0 Å². The molecule has 0 aliphatic carbocycles. The molecule has 2 rings (SSSR count). The molecule has 0 saturated heterocycles. The van der Waals surface area contributed by atoms with Gasteiger partial charge >= 0.3 is 17.9 Å². The fourth-order valence-electron chi connectivity index (χ4n) is 2.71. The van der Waals surface area contributed by atoms with E-state index in [0.717, 1.165) is 0 Å². The van der Waals surface area contributed by atoms with Crippen LogP contribution in [0.3, 0.4) is 0 Å². The highest BCUT2D eigenvalue weighted by atomic mass is 16.4. The summed E-state index contributed by atoms with van der Waals surface area (Å²) in [6, 6.07) is 1.07. The molecule has 1 aliphatic heterocycles. The summed E-state index contributed by atoms with van der Waals surface area (Å²) in [5.74, 6) is -3.35. The number of hydrogen-bond acceptors (Lipinski definition) is 4. The Morgan fingerprint density at radius 2 is 1.93 bits per heavy atom. The topological polar surface area (TPSA) is 146 Å². The van der Waals surface area contributed by atoms with Crippen LogP contribution in [0.1, 0.15) is 22.5 Å². The number of aromatic carboxylic acids is 1. The molecule has 0 bridgehead atoms. The second-order valence-corrected chi connectivity index (χ2v) is 6.12. The van der Waals surface area contributed by atoms with Gasteiger partial charge in [-0.15, -0.1) is 0 Å². The number of likely N-dealkylation sites (N-methyl/N-ethyl adjacent to an activating group) is 1. The molecule has 1 unspecified atom stereocenters. The van der Waals surface area contributed by atoms with Crippen LogP contribution in [0, 0.1) is 0 Å². The molecule has 142 valence electrons. The van der Waals surface area contributed by atoms with E-state index in [1.165, 1.54) is 35.2 Å². The molecule has 0 fully saturated rings. The standard InChI is InChI=1S/C18H19N3O6/c1-20-8-11(17(24)25)5-13(20)4-3-10(16(22)23)6-14(19)15-7-12(18(26)27)9-21(15)2/h3,5-9,13H,4,19H2,1-2H3,(H2-,22,23,24,25,26,27)/p+1/b10-3+,14-6-. The number of nitrogens with two attached hydrogens (primary N) is 1. The average molecular weight is 374 g/mol. The van der Waals surface area contributed by atoms with Crippen molar-refractivity contribution >= 4 is 29.8 Å². The van der Waals surface area contributed by atoms with Crippen LogP contribution in [-0.2, 0) is 16.6 Å². The first-order valence-corrected chi connectivity index (χ1v) is 7.92. The number of carboxylic acids is 3. The van der Waals surface area contributed by atoms with E-state index >= 15 is 0 Å². The second kappa shape index (κ2) is 7.73. The molecule has 2 heterocycles. The van der Waals surface area contributed by atoms with Crippen molar-refractivity contribution in [3.05, 3.63) is 52.9 Å². The predicted molar refractivity (Wildman–Crippen MR) is 96.6 cm³/mol. The Morgan fingerprint density at radius 1 is 1.26 bits per heavy atom. The summed E-state index contributed by atoms with van der Waals surface area (Å²) in [7, 11) is 3.31. The number of hydrogen-bond donors (Lipinski definition) is 4. The van der Waals surface area contributed by atoms with E-state index in [-0.39, 0.29) is 34.9 Å². The Hall–Kier alpha value is -3.62. The van der Waals surface area contributed by atoms with Gasteiger partial charge in [0.2, 0.25) is 0 Å². The fraction of sp³-hybridized carbons (Fsp3) is 0.222. The van der Waals surface area contributed by atoms with E-state index in [4.69, 9.17) is 15.9 Å². The van der Waals surface area contributed by atoms with Gasteiger partial charge in [-0.3, -0.25) is 0 Å². The smallest absolute Gasteiger partial charge is 0.341 e. The van der Waals surface area contributed by atoms with Crippen LogP contribution >= 0.6 is 0 Å². The van der Waals surface area contributed by atoms with E-state index in [2.05, 4.69) is 0 Å². The number of rotatable bonds is 7. The molecule has 9 nitrogen and oxygen atoms in total. The van der Waals surface area contributed by atoms with Crippen LogP contribution in [0.25, 0.3) is 5.70 Å². The van der Waals surface area contributed by atoms with Gasteiger partial charge in [-0.25, -0.2) is 19.0 Å². The van der Waals surface area contributed by atoms with Crippen LogP contribution in [0.2, 0.25) is 0 Å². The lowest BCUT2D eigenvalue weighted by Gasteiger charge is -2.05. The summed E-state index contributed by atoms with van der Waals surface area (Å²) >= 11 is 0. The quantitative estimate of drug-likeness (QED) is 0.309. The summed E-state index contributed by atoms with van der Waals surface area (Å²) in [6.07, 6.45) is 7.37. The van der Waals surface area contributed by atoms with Gasteiger partial charge in [0.1, 0.15) is 12.6 Å². The first-order valence-electron chi connectivity index (χ1n) is 7.92. The molecule has 1 aliphatic rings. The minimum atomic E-state index is -1.20. The van der Waals surface area contributed by atoms with Gasteiger partial charge in [0.15, 0.2) is 12.3 Å². The minimum absolute atomic E-state index is 0.0409. The van der Waals surface area contributed by atoms with E-state index in [9.17, 15) is 19.5 Å². The predicted octanol–water partition coefficient (Wildman–Crippen LogP) is 0.530. The van der Waals surface area contributed by atoms with Gasteiger partial charge in [0.25, 0.3) is 0 Å². The molecule has 0 spiro atoms. The van der Waals surface area contributed by atoms with Crippen LogP contribution in [-0.4, -0.2) is 61.7 Å². The van der Waals surface area contributed by atoms with Crippen molar-refractivity contribution in [3.63, 3.8) is 0 Å². The molecular weight excluding hydrogens is 354 g/mol. The van der Waals surface area contributed by atoms with Crippen molar-refractivity contribution in [2.45, 2.75) is 12.5 Å². The Bertz CT molecular complexity index is 933. The first kappa shape index (κ1) is 19.7. The van der Waals surface area contributed by atoms with Gasteiger partial charge in [-0.2, -0.15) is 0 Å². The minimum Gasteiger partial charge on any atom is -0.478 e. The lowest BCUT2D eigenvalue weighted by molar-refractivity contribution is -0.516. The van der Waals surface area contributed by atoms with Crippen LogP contribution in [0.15, 0.2) is 41.6 Å². The van der Waals surface area contributed by atoms with Crippen LogP contribution in [0.4, 0.5) is 0 Å². The maximum atomic E-state index is 11.5. The summed E-state index contributed by atoms with van der Waals surface area (Å²) in [6.45, 7) is 0. The monoisotopic (exact) mass is 374 g/mol. The third-order valence-electron chi connectivity index (χ3n) is 4.17. The van der Waals surface area contributed by atoms with Crippen molar-refractivity contribution in [2.75, 3.05) is 7.05 Å². The van der Waals surface area contributed by atoms with Crippen molar-refractivity contribution < 1.29 is 34.3 Å². The molecule has 9 heteroatoms. The summed E-state index contributed by atoms with van der Waals surface area (Å²) in [4.78, 5) is 33.6. The van der Waals surface area contributed by atoms with Crippen LogP contribution < -0.4 is 5.73 Å². The normalized spacial score (nSPS) is 17.5. The zero-order valence-electron chi connectivity index (χ0n) is 14.8. The molecule has 0 saturated carbocycles. The van der Waals surface area contributed by atoms with Gasteiger partial charge in [-0.05, 0) is 12.1 Å². The molecule has 1 aromatic rings. The van der Waals surface area contributed by atoms with Gasteiger partial charge in [-0.1, -0.05) is 6.08 Å². The third-order valence-corrected chi connectivity index (χ3v) is 4.17. The van der Waals surface area contributed by atoms with Gasteiger partial charge < -0.3 is 25.6 Å². The van der Waals surface area contributed by atoms with E-state index in [1.807, 2.05) is 0 Å². The molecule has 5 N–H and O–H groups in total. The Kier molecular flexibility index (Phi) is 5.64. The summed E-state index contributed by atoms with van der Waals surface area (Å²) in [5.41, 5.74) is 6.55. The average Bonchev–Trinajstić information content (AvgIpc) is 3.14. The van der Waals surface area contributed by atoms with Gasteiger partial charge in [0, 0.05) is 25.7 Å². The number of aromatic nitrogens is 1. The highest BCUT2D eigenvalue weighted by molar-refractivity contribution is 6.07. The Balaban J connectivity index is 2.27. The Labute approximate surface area is 154 Å². The van der Waals surface area contributed by atoms with Gasteiger partial charge in [0.05, 0.1) is 22.5 Å². The van der Waals surface area contributed by atoms with E-state index < -0.39 is 17.9 Å². The maximum absolute atomic E-state index is 11.5. The lowest BCUT2D eigenvalue weighted by Crippen LogP contribution is -2.17. The van der Waals surface area contributed by atoms with Crippen molar-refractivity contribution in [2.24, 2.45) is 12.8 Å². The van der Waals surface area contributed by atoms with Crippen molar-refractivity contribution in [1.29, 1.82) is 0 Å². The largest absolute Gasteiger partial charge is 0.478 e. The molecule has 27 heavy (non-hydrogen) atoms. The second-order valence-electron chi connectivity index (χ2n) is 6.12. The van der Waals surface area contributed by atoms with E-state index in [1.54, 1.807) is 24.7 Å². The highest BCUT2D eigenvalue weighted by Crippen LogP contribution is 2.17. The number of carbonyl (C=O) groups is 3. The SMILES string of the molecule is Cn1cc(C(=O)O)cc1/C(N)=C/C(=C\CC1C=C(C(=O)O)C=[N+]1C)C(=O)O. The molecule has 0 radical (unpaired) electrons. The van der Waals surface area contributed by atoms with Crippen LogP contribution in [0.5, 0.6) is 0 Å². The zero-order valence-corrected chi connectivity index (χ0v) is 14.8. The maximum Gasteiger partial charge on any atom is 0.341 e. The number of aryl methyl sites for hydroxylation is 1. The molecule has 0 aromatic carbocycles. The molecule has 1 atom stereocenters. The Morgan fingerprint density at radius 3 is 2.41 bits per heavy atom. The third kappa shape index (κ3) is 4.51. The molecule has 0 amide bonds. The fourth-order valence-corrected chi connectivity index (χ4v) is 2.71. The highest BCUT2D eigenvalue weighted by Gasteiger charge is 2.25. The first-order chi connectivity index (χ1) is 12.6.